The molecule has 1 amide bonds. The first-order valence-electron chi connectivity index (χ1n) is 10.4. The number of aromatic nitrogens is 1. The van der Waals surface area contributed by atoms with Gasteiger partial charge in [-0.15, -0.1) is 0 Å². The molecule has 2 fully saturated rings. The molecule has 0 radical (unpaired) electrons. The van der Waals surface area contributed by atoms with Gasteiger partial charge < -0.3 is 16.4 Å². The van der Waals surface area contributed by atoms with Crippen LogP contribution in [0.1, 0.15) is 53.5 Å². The first-order valence-corrected chi connectivity index (χ1v) is 11.3. The van der Waals surface area contributed by atoms with Crippen molar-refractivity contribution in [1.29, 1.82) is 5.26 Å². The Balaban J connectivity index is 1.84. The number of carbonyl (C=O) groups excluding carboxylic acids is 1. The molecule has 158 valence electrons. The van der Waals surface area contributed by atoms with E-state index in [4.69, 9.17) is 23.0 Å². The lowest BCUT2D eigenvalue weighted by Gasteiger charge is -2.33. The summed E-state index contributed by atoms with van der Waals surface area (Å²) >= 11 is 1.19. The van der Waals surface area contributed by atoms with Crippen LogP contribution in [-0.4, -0.2) is 30.0 Å². The van der Waals surface area contributed by atoms with Crippen molar-refractivity contribution in [1.82, 2.24) is 4.98 Å². The van der Waals surface area contributed by atoms with Gasteiger partial charge in [-0.2, -0.15) is 5.26 Å². The maximum absolute atomic E-state index is 12.3. The van der Waals surface area contributed by atoms with Crippen molar-refractivity contribution in [2.45, 2.75) is 47.9 Å². The van der Waals surface area contributed by atoms with Crippen molar-refractivity contribution < 1.29 is 4.79 Å². The SMILES string of the molecule is [C-]#[N+]c1c(N2CCCC(N)C2)nc(SC(C(N)=O)c2ccccc2)c(C#N)c1C1CC1. The van der Waals surface area contributed by atoms with Crippen LogP contribution < -0.4 is 16.4 Å². The Morgan fingerprint density at radius 1 is 1.32 bits per heavy atom. The molecule has 0 spiro atoms. The zero-order valence-corrected chi connectivity index (χ0v) is 17.9. The first-order chi connectivity index (χ1) is 15.0. The third-order valence-electron chi connectivity index (χ3n) is 5.71. The molecule has 1 aromatic heterocycles. The molecule has 1 saturated carbocycles. The molecule has 2 aliphatic rings. The number of benzene rings is 1. The Bertz CT molecular complexity index is 1070. The molecular formula is C23H24N6OS. The second-order valence-corrected chi connectivity index (χ2v) is 9.13. The summed E-state index contributed by atoms with van der Waals surface area (Å²) in [6, 6.07) is 11.6. The van der Waals surface area contributed by atoms with Crippen LogP contribution in [0.25, 0.3) is 4.85 Å². The summed E-state index contributed by atoms with van der Waals surface area (Å²) in [4.78, 5) is 22.9. The van der Waals surface area contributed by atoms with Gasteiger partial charge in [0, 0.05) is 19.1 Å². The minimum Gasteiger partial charge on any atom is -0.368 e. The molecule has 2 aromatic rings. The molecule has 0 bridgehead atoms. The third kappa shape index (κ3) is 4.36. The van der Waals surface area contributed by atoms with Gasteiger partial charge in [-0.1, -0.05) is 42.1 Å². The monoisotopic (exact) mass is 432 g/mol. The van der Waals surface area contributed by atoms with E-state index in [9.17, 15) is 10.1 Å². The molecule has 4 N–H and O–H groups in total. The quantitative estimate of drug-likeness (QED) is 0.532. The highest BCUT2D eigenvalue weighted by molar-refractivity contribution is 8.00. The van der Waals surface area contributed by atoms with Gasteiger partial charge in [-0.3, -0.25) is 4.79 Å². The van der Waals surface area contributed by atoms with Gasteiger partial charge in [-0.25, -0.2) is 9.83 Å². The Kier molecular flexibility index (Phi) is 6.13. The lowest BCUT2D eigenvalue weighted by Crippen LogP contribution is -2.43. The molecule has 8 heteroatoms. The Morgan fingerprint density at radius 2 is 2.06 bits per heavy atom. The van der Waals surface area contributed by atoms with Gasteiger partial charge in [0.25, 0.3) is 0 Å². The standard InChI is InChI=1S/C23H24N6OS/c1-27-19-18(14-9-10-14)17(12-24)23(28-22(19)29-11-5-8-16(25)13-29)31-20(21(26)30)15-6-3-2-4-7-15/h2-4,6-7,14,16,20H,5,8-11,13,25H2,(H2,26,30). The summed E-state index contributed by atoms with van der Waals surface area (Å²) in [6.45, 7) is 9.22. The molecule has 2 unspecified atom stereocenters. The Hall–Kier alpha value is -3.07. The number of piperidine rings is 1. The summed E-state index contributed by atoms with van der Waals surface area (Å²) in [5.41, 5.74) is 14.3. The second-order valence-electron chi connectivity index (χ2n) is 8.03. The number of pyridine rings is 1. The van der Waals surface area contributed by atoms with Gasteiger partial charge in [-0.05, 0) is 42.7 Å². The fourth-order valence-electron chi connectivity index (χ4n) is 4.08. The van der Waals surface area contributed by atoms with Gasteiger partial charge in [0.2, 0.25) is 11.6 Å². The fourth-order valence-corrected chi connectivity index (χ4v) is 5.13. The molecule has 2 atom stereocenters. The number of thioether (sulfide) groups is 1. The van der Waals surface area contributed by atoms with Crippen molar-refractivity contribution >= 4 is 29.2 Å². The predicted octanol–water partition coefficient (Wildman–Crippen LogP) is 3.63. The number of primary amides is 1. The number of nitrogens with zero attached hydrogens (tertiary/aromatic N) is 4. The van der Waals surface area contributed by atoms with E-state index in [0.717, 1.165) is 43.4 Å². The van der Waals surface area contributed by atoms with E-state index in [-0.39, 0.29) is 12.0 Å². The van der Waals surface area contributed by atoms with Gasteiger partial charge in [0.05, 0.1) is 12.1 Å². The average molecular weight is 433 g/mol. The maximum atomic E-state index is 12.3. The van der Waals surface area contributed by atoms with E-state index in [1.807, 2.05) is 30.3 Å². The predicted molar refractivity (Wildman–Crippen MR) is 121 cm³/mol. The number of nitriles is 1. The second kappa shape index (κ2) is 8.97. The first kappa shape index (κ1) is 21.2. The highest BCUT2D eigenvalue weighted by Crippen LogP contribution is 2.51. The van der Waals surface area contributed by atoms with Crippen molar-refractivity contribution in [3.05, 3.63) is 58.4 Å². The van der Waals surface area contributed by atoms with Crippen LogP contribution in [0, 0.1) is 17.9 Å². The largest absolute Gasteiger partial charge is 0.368 e. The van der Waals surface area contributed by atoms with Gasteiger partial charge in [0.1, 0.15) is 22.2 Å². The van der Waals surface area contributed by atoms with Crippen LogP contribution >= 0.6 is 11.8 Å². The molecule has 4 rings (SSSR count). The number of nitrogens with two attached hydrogens (primary N) is 2. The average Bonchev–Trinajstić information content (AvgIpc) is 3.62. The van der Waals surface area contributed by atoms with E-state index >= 15 is 0 Å². The maximum Gasteiger partial charge on any atom is 0.235 e. The molecule has 31 heavy (non-hydrogen) atoms. The summed E-state index contributed by atoms with van der Waals surface area (Å²) < 4.78 is 0. The smallest absolute Gasteiger partial charge is 0.235 e. The lowest BCUT2D eigenvalue weighted by molar-refractivity contribution is -0.117. The molecular weight excluding hydrogens is 408 g/mol. The number of amides is 1. The third-order valence-corrected chi connectivity index (χ3v) is 6.97. The summed E-state index contributed by atoms with van der Waals surface area (Å²) in [6.07, 6.45) is 3.76. The van der Waals surface area contributed by atoms with Gasteiger partial charge >= 0.3 is 0 Å². The van der Waals surface area contributed by atoms with Crippen LogP contribution in [0.4, 0.5) is 11.5 Å². The molecule has 2 heterocycles. The zero-order chi connectivity index (χ0) is 22.0. The summed E-state index contributed by atoms with van der Waals surface area (Å²) in [5.74, 6) is 0.262. The Morgan fingerprint density at radius 3 is 2.65 bits per heavy atom. The minimum atomic E-state index is -0.678. The molecule has 1 aliphatic heterocycles. The van der Waals surface area contributed by atoms with E-state index in [1.54, 1.807) is 0 Å². The number of hydrogen-bond donors (Lipinski definition) is 2. The zero-order valence-electron chi connectivity index (χ0n) is 17.1. The highest BCUT2D eigenvalue weighted by Gasteiger charge is 2.35. The van der Waals surface area contributed by atoms with E-state index in [2.05, 4.69) is 15.8 Å². The summed E-state index contributed by atoms with van der Waals surface area (Å²) in [5, 5.41) is 9.78. The van der Waals surface area contributed by atoms with Crippen molar-refractivity contribution in [2.24, 2.45) is 11.5 Å². The topological polar surface area (TPSA) is 113 Å². The lowest BCUT2D eigenvalue weighted by atomic mass is 10.0. The number of hydrogen-bond acceptors (Lipinski definition) is 6. The molecule has 1 saturated heterocycles. The number of carbonyl (C=O) groups is 1. The van der Waals surface area contributed by atoms with Crippen LogP contribution in [0.5, 0.6) is 0 Å². The summed E-state index contributed by atoms with van der Waals surface area (Å²) in [7, 11) is 0. The molecule has 7 nitrogen and oxygen atoms in total. The van der Waals surface area contributed by atoms with Crippen molar-refractivity contribution in [2.75, 3.05) is 18.0 Å². The Labute approximate surface area is 186 Å². The van der Waals surface area contributed by atoms with Crippen LogP contribution in [0.3, 0.4) is 0 Å². The van der Waals surface area contributed by atoms with Crippen LogP contribution in [0.2, 0.25) is 0 Å². The normalized spacial score (nSPS) is 19.3. The molecule has 1 aromatic carbocycles. The van der Waals surface area contributed by atoms with E-state index < -0.39 is 11.2 Å². The number of anilines is 1. The van der Waals surface area contributed by atoms with Crippen molar-refractivity contribution in [3.8, 4) is 6.07 Å². The highest BCUT2D eigenvalue weighted by atomic mass is 32.2. The number of rotatable bonds is 6. The fraction of sp³-hybridized carbons (Fsp3) is 0.391. The van der Waals surface area contributed by atoms with Crippen LogP contribution in [-0.2, 0) is 4.79 Å². The molecule has 1 aliphatic carbocycles. The van der Waals surface area contributed by atoms with E-state index in [0.29, 0.717) is 28.6 Å². The minimum absolute atomic E-state index is 0.0212. The van der Waals surface area contributed by atoms with Gasteiger partial charge in [0.15, 0.2) is 0 Å². The van der Waals surface area contributed by atoms with Crippen LogP contribution in [0.15, 0.2) is 35.4 Å². The van der Waals surface area contributed by atoms with E-state index in [1.165, 1.54) is 11.8 Å². The van der Waals surface area contributed by atoms with Crippen molar-refractivity contribution in [3.63, 3.8) is 0 Å².